The fraction of sp³-hybridized carbons (Fsp3) is 0.571. The topological polar surface area (TPSA) is 52.9 Å². The predicted molar refractivity (Wildman–Crippen MR) is 69.6 cm³/mol. The second-order valence-corrected chi connectivity index (χ2v) is 4.65. The van der Waals surface area contributed by atoms with Gasteiger partial charge < -0.3 is 14.9 Å². The van der Waals surface area contributed by atoms with Crippen molar-refractivity contribution in [2.45, 2.75) is 24.9 Å². The molecule has 1 fully saturated rings. The lowest BCUT2D eigenvalue weighted by Crippen LogP contribution is -2.42. The molecule has 2 N–H and O–H groups in total. The molecule has 0 radical (unpaired) electrons. The van der Waals surface area contributed by atoms with E-state index in [0.717, 1.165) is 25.1 Å². The van der Waals surface area contributed by atoms with Crippen molar-refractivity contribution in [1.29, 1.82) is 0 Å². The van der Waals surface area contributed by atoms with E-state index in [1.54, 1.807) is 0 Å². The van der Waals surface area contributed by atoms with Crippen molar-refractivity contribution in [1.82, 2.24) is 4.90 Å². The molecule has 100 valence electrons. The first-order chi connectivity index (χ1) is 8.85. The highest BCUT2D eigenvalue weighted by molar-refractivity contribution is 5.20. The van der Waals surface area contributed by atoms with Crippen LogP contribution in [-0.2, 0) is 0 Å². The summed E-state index contributed by atoms with van der Waals surface area (Å²) in [5.74, 6) is 0.859. The number of hydrogen-bond acceptors (Lipinski definition) is 4. The molecule has 1 aromatic rings. The van der Waals surface area contributed by atoms with Crippen LogP contribution in [0.3, 0.4) is 0 Å². The van der Waals surface area contributed by atoms with Gasteiger partial charge in [0.05, 0.1) is 13.2 Å². The Morgan fingerprint density at radius 2 is 1.67 bits per heavy atom. The molecule has 1 saturated heterocycles. The molecule has 0 bridgehead atoms. The predicted octanol–water partition coefficient (Wildman–Crippen LogP) is 0.883. The van der Waals surface area contributed by atoms with Crippen molar-refractivity contribution in [3.63, 3.8) is 0 Å². The number of rotatable bonds is 6. The van der Waals surface area contributed by atoms with Gasteiger partial charge in [0, 0.05) is 18.6 Å². The molecule has 1 heterocycles. The fourth-order valence-corrected chi connectivity index (χ4v) is 2.56. The standard InChI is InChI=1S/C14H21NO3/c16-10-12-6-7-13(11-17)15(12)8-9-18-14-4-2-1-3-5-14/h1-5,12-13,16-17H,6-11H2/t12-,13-/m0/s1. The summed E-state index contributed by atoms with van der Waals surface area (Å²) in [6, 6.07) is 10.0. The number of aliphatic hydroxyl groups excluding tert-OH is 2. The van der Waals surface area contributed by atoms with Gasteiger partial charge in [0.1, 0.15) is 12.4 Å². The van der Waals surface area contributed by atoms with E-state index in [2.05, 4.69) is 4.90 Å². The molecule has 1 aromatic carbocycles. The lowest BCUT2D eigenvalue weighted by atomic mass is 10.2. The molecule has 0 amide bonds. The molecule has 18 heavy (non-hydrogen) atoms. The molecule has 1 aliphatic heterocycles. The maximum absolute atomic E-state index is 9.30. The minimum Gasteiger partial charge on any atom is -0.492 e. The van der Waals surface area contributed by atoms with Gasteiger partial charge >= 0.3 is 0 Å². The zero-order chi connectivity index (χ0) is 12.8. The van der Waals surface area contributed by atoms with Crippen LogP contribution < -0.4 is 4.74 Å². The molecule has 2 atom stereocenters. The molecule has 0 aromatic heterocycles. The quantitative estimate of drug-likeness (QED) is 0.788. The van der Waals surface area contributed by atoms with Gasteiger partial charge in [0.15, 0.2) is 0 Å². The molecule has 4 heteroatoms. The lowest BCUT2D eigenvalue weighted by molar-refractivity contribution is 0.0829. The van der Waals surface area contributed by atoms with Crippen LogP contribution in [0.1, 0.15) is 12.8 Å². The molecule has 1 aliphatic rings. The average Bonchev–Trinajstić information content (AvgIpc) is 2.82. The summed E-state index contributed by atoms with van der Waals surface area (Å²) in [6.07, 6.45) is 1.90. The van der Waals surface area contributed by atoms with Gasteiger partial charge in [-0.15, -0.1) is 0 Å². The van der Waals surface area contributed by atoms with Crippen molar-refractivity contribution in [2.75, 3.05) is 26.4 Å². The van der Waals surface area contributed by atoms with E-state index in [-0.39, 0.29) is 25.3 Å². The van der Waals surface area contributed by atoms with Gasteiger partial charge in [0.2, 0.25) is 0 Å². The van der Waals surface area contributed by atoms with Gasteiger partial charge in [-0.2, -0.15) is 0 Å². The zero-order valence-corrected chi connectivity index (χ0v) is 10.5. The molecule has 0 saturated carbocycles. The van der Waals surface area contributed by atoms with Crippen LogP contribution in [0.5, 0.6) is 5.75 Å². The Morgan fingerprint density at radius 3 is 2.22 bits per heavy atom. The number of benzene rings is 1. The first-order valence-corrected chi connectivity index (χ1v) is 6.50. The Balaban J connectivity index is 1.81. The van der Waals surface area contributed by atoms with Crippen LogP contribution in [0.25, 0.3) is 0 Å². The molecular formula is C14H21NO3. The normalized spacial score (nSPS) is 24.3. The van der Waals surface area contributed by atoms with Crippen molar-refractivity contribution < 1.29 is 14.9 Å². The molecule has 0 spiro atoms. The first-order valence-electron chi connectivity index (χ1n) is 6.50. The Kier molecular flexibility index (Phi) is 4.99. The molecule has 0 aliphatic carbocycles. The van der Waals surface area contributed by atoms with E-state index in [9.17, 15) is 10.2 Å². The SMILES string of the molecule is OC[C@@H]1CC[C@@H](CO)N1CCOc1ccccc1. The zero-order valence-electron chi connectivity index (χ0n) is 10.5. The summed E-state index contributed by atoms with van der Waals surface area (Å²) < 4.78 is 5.65. The highest BCUT2D eigenvalue weighted by Crippen LogP contribution is 2.23. The summed E-state index contributed by atoms with van der Waals surface area (Å²) in [7, 11) is 0. The van der Waals surface area contributed by atoms with Crippen molar-refractivity contribution >= 4 is 0 Å². The third-order valence-electron chi connectivity index (χ3n) is 3.55. The minimum absolute atomic E-state index is 0.155. The Labute approximate surface area is 108 Å². The van der Waals surface area contributed by atoms with Crippen molar-refractivity contribution in [2.24, 2.45) is 0 Å². The van der Waals surface area contributed by atoms with Gasteiger partial charge in [-0.1, -0.05) is 18.2 Å². The highest BCUT2D eigenvalue weighted by atomic mass is 16.5. The third-order valence-corrected chi connectivity index (χ3v) is 3.55. The summed E-state index contributed by atoms with van der Waals surface area (Å²) in [5, 5.41) is 18.6. The van der Waals surface area contributed by atoms with Gasteiger partial charge in [0.25, 0.3) is 0 Å². The third kappa shape index (κ3) is 3.22. The molecular weight excluding hydrogens is 230 g/mol. The summed E-state index contributed by atoms with van der Waals surface area (Å²) in [4.78, 5) is 2.16. The maximum Gasteiger partial charge on any atom is 0.119 e. The second kappa shape index (κ2) is 6.73. The van der Waals surface area contributed by atoms with Crippen LogP contribution in [0.2, 0.25) is 0 Å². The van der Waals surface area contributed by atoms with Gasteiger partial charge in [-0.3, -0.25) is 4.90 Å². The Morgan fingerprint density at radius 1 is 1.06 bits per heavy atom. The maximum atomic E-state index is 9.30. The monoisotopic (exact) mass is 251 g/mol. The number of aliphatic hydroxyl groups is 2. The van der Waals surface area contributed by atoms with Crippen molar-refractivity contribution in [3.05, 3.63) is 30.3 Å². The van der Waals surface area contributed by atoms with Gasteiger partial charge in [-0.05, 0) is 25.0 Å². The number of likely N-dealkylation sites (tertiary alicyclic amines) is 1. The van der Waals surface area contributed by atoms with Crippen LogP contribution in [0.15, 0.2) is 30.3 Å². The first kappa shape index (κ1) is 13.3. The van der Waals surface area contributed by atoms with E-state index in [1.165, 1.54) is 0 Å². The minimum atomic E-state index is 0.155. The van der Waals surface area contributed by atoms with E-state index in [1.807, 2.05) is 30.3 Å². The Bertz CT molecular complexity index is 332. The van der Waals surface area contributed by atoms with E-state index >= 15 is 0 Å². The van der Waals surface area contributed by atoms with Crippen molar-refractivity contribution in [3.8, 4) is 5.75 Å². The average molecular weight is 251 g/mol. The molecule has 4 nitrogen and oxygen atoms in total. The number of para-hydroxylation sites is 1. The van der Waals surface area contributed by atoms with Crippen LogP contribution in [0, 0.1) is 0 Å². The van der Waals surface area contributed by atoms with Crippen LogP contribution >= 0.6 is 0 Å². The Hall–Kier alpha value is -1.10. The molecule has 2 rings (SSSR count). The van der Waals surface area contributed by atoms with E-state index in [0.29, 0.717) is 6.61 Å². The highest BCUT2D eigenvalue weighted by Gasteiger charge is 2.31. The lowest BCUT2D eigenvalue weighted by Gasteiger charge is -2.27. The summed E-state index contributed by atoms with van der Waals surface area (Å²) in [6.45, 7) is 1.63. The van der Waals surface area contributed by atoms with Gasteiger partial charge in [-0.25, -0.2) is 0 Å². The summed E-state index contributed by atoms with van der Waals surface area (Å²) >= 11 is 0. The number of hydrogen-bond donors (Lipinski definition) is 2. The number of ether oxygens (including phenoxy) is 1. The largest absolute Gasteiger partial charge is 0.492 e. The number of nitrogens with zero attached hydrogens (tertiary/aromatic N) is 1. The fourth-order valence-electron chi connectivity index (χ4n) is 2.56. The second-order valence-electron chi connectivity index (χ2n) is 4.65. The van der Waals surface area contributed by atoms with Crippen LogP contribution in [-0.4, -0.2) is 53.6 Å². The van der Waals surface area contributed by atoms with E-state index in [4.69, 9.17) is 4.74 Å². The molecule has 0 unspecified atom stereocenters. The van der Waals surface area contributed by atoms with E-state index < -0.39 is 0 Å². The smallest absolute Gasteiger partial charge is 0.119 e. The summed E-state index contributed by atoms with van der Waals surface area (Å²) in [5.41, 5.74) is 0. The van der Waals surface area contributed by atoms with Crippen LogP contribution in [0.4, 0.5) is 0 Å².